The van der Waals surface area contributed by atoms with Gasteiger partial charge in [-0.15, -0.1) is 0 Å². The van der Waals surface area contributed by atoms with Gasteiger partial charge in [0.15, 0.2) is 0 Å². The Labute approximate surface area is 67.2 Å². The molecule has 66 valence electrons. The molecule has 0 aliphatic carbocycles. The molecule has 0 rings (SSSR count). The van der Waals surface area contributed by atoms with Crippen LogP contribution in [0.4, 0.5) is 0 Å². The Morgan fingerprint density at radius 2 is 2.00 bits per heavy atom. The Hall–Kier alpha value is -0.610. The second-order valence-corrected chi connectivity index (χ2v) is 3.81. The van der Waals surface area contributed by atoms with Gasteiger partial charge in [0.1, 0.15) is 0 Å². The standard InChI is InChI=1S/C7H16N2O2/c1-9(2,3)5-6(8)4-7(10)11/h6H,4-5,8H2,1-3H3/t6-/m0/s1. The van der Waals surface area contributed by atoms with E-state index >= 15 is 0 Å². The lowest BCUT2D eigenvalue weighted by atomic mass is 10.2. The molecule has 0 aromatic rings. The van der Waals surface area contributed by atoms with Gasteiger partial charge in [-0.05, 0) is 0 Å². The molecule has 0 amide bonds. The van der Waals surface area contributed by atoms with Crippen molar-refractivity contribution in [2.24, 2.45) is 5.73 Å². The lowest BCUT2D eigenvalue weighted by Gasteiger charge is -2.27. The molecule has 0 radical (unpaired) electrons. The molecule has 0 aromatic carbocycles. The van der Waals surface area contributed by atoms with E-state index < -0.39 is 5.97 Å². The maximum Gasteiger partial charge on any atom is 0.0938 e. The largest absolute Gasteiger partial charge is 0.550 e. The Balaban J connectivity index is 3.69. The van der Waals surface area contributed by atoms with Gasteiger partial charge in [-0.1, -0.05) is 0 Å². The summed E-state index contributed by atoms with van der Waals surface area (Å²) in [4.78, 5) is 10.1. The van der Waals surface area contributed by atoms with Gasteiger partial charge in [-0.2, -0.15) is 0 Å². The molecule has 4 heteroatoms. The van der Waals surface area contributed by atoms with Crippen LogP contribution in [0.2, 0.25) is 0 Å². The average molecular weight is 160 g/mol. The van der Waals surface area contributed by atoms with E-state index in [0.29, 0.717) is 11.0 Å². The minimum absolute atomic E-state index is 0.0600. The number of carbonyl (C=O) groups is 1. The van der Waals surface area contributed by atoms with Crippen molar-refractivity contribution < 1.29 is 14.4 Å². The van der Waals surface area contributed by atoms with Gasteiger partial charge in [0.25, 0.3) is 0 Å². The summed E-state index contributed by atoms with van der Waals surface area (Å²) in [6, 6.07) is -0.306. The fraction of sp³-hybridized carbons (Fsp3) is 0.857. The zero-order valence-corrected chi connectivity index (χ0v) is 7.33. The quantitative estimate of drug-likeness (QED) is 0.491. The van der Waals surface area contributed by atoms with Crippen molar-refractivity contribution >= 4 is 5.97 Å². The molecular weight excluding hydrogens is 144 g/mol. The highest BCUT2D eigenvalue weighted by Crippen LogP contribution is 1.95. The number of hydrogen-bond acceptors (Lipinski definition) is 3. The van der Waals surface area contributed by atoms with Crippen LogP contribution in [0.15, 0.2) is 0 Å². The number of nitrogens with zero attached hydrogens (tertiary/aromatic N) is 1. The number of carboxylic acids is 1. The molecule has 0 unspecified atom stereocenters. The van der Waals surface area contributed by atoms with Crippen LogP contribution in [0, 0.1) is 0 Å². The SMILES string of the molecule is C[N+](C)(C)C[C@@H](N)CC(=O)[O-]. The van der Waals surface area contributed by atoms with Crippen LogP contribution in [0.5, 0.6) is 0 Å². The highest BCUT2D eigenvalue weighted by atomic mass is 16.4. The van der Waals surface area contributed by atoms with Gasteiger partial charge in [0, 0.05) is 12.4 Å². The summed E-state index contributed by atoms with van der Waals surface area (Å²) in [7, 11) is 5.90. The van der Waals surface area contributed by atoms with Gasteiger partial charge < -0.3 is 20.1 Å². The van der Waals surface area contributed by atoms with Crippen LogP contribution in [0.3, 0.4) is 0 Å². The second kappa shape index (κ2) is 3.69. The van der Waals surface area contributed by atoms with Crippen molar-refractivity contribution in [3.63, 3.8) is 0 Å². The Morgan fingerprint density at radius 1 is 1.55 bits per heavy atom. The molecular formula is C7H16N2O2. The van der Waals surface area contributed by atoms with Crippen LogP contribution < -0.4 is 10.8 Å². The lowest BCUT2D eigenvalue weighted by molar-refractivity contribution is -0.871. The third-order valence-corrected chi connectivity index (χ3v) is 1.21. The average Bonchev–Trinajstić information content (AvgIpc) is 1.53. The molecule has 0 bridgehead atoms. The van der Waals surface area contributed by atoms with Gasteiger partial charge in [0.05, 0.1) is 33.7 Å². The van der Waals surface area contributed by atoms with Gasteiger partial charge in [0.2, 0.25) is 0 Å². The molecule has 0 saturated carbocycles. The third kappa shape index (κ3) is 7.29. The number of aliphatic carboxylic acids is 1. The van der Waals surface area contributed by atoms with E-state index in [1.54, 1.807) is 0 Å². The molecule has 0 aromatic heterocycles. The van der Waals surface area contributed by atoms with Crippen molar-refractivity contribution in [1.29, 1.82) is 0 Å². The molecule has 0 saturated heterocycles. The van der Waals surface area contributed by atoms with Crippen molar-refractivity contribution in [3.8, 4) is 0 Å². The van der Waals surface area contributed by atoms with E-state index in [2.05, 4.69) is 0 Å². The van der Waals surface area contributed by atoms with E-state index in [1.165, 1.54) is 0 Å². The molecule has 4 nitrogen and oxygen atoms in total. The number of likely N-dealkylation sites (N-methyl/N-ethyl adjacent to an activating group) is 1. The molecule has 1 atom stereocenters. The van der Waals surface area contributed by atoms with E-state index in [-0.39, 0.29) is 12.5 Å². The monoisotopic (exact) mass is 160 g/mol. The Bertz CT molecular complexity index is 140. The minimum atomic E-state index is -1.08. The van der Waals surface area contributed by atoms with E-state index in [9.17, 15) is 9.90 Å². The van der Waals surface area contributed by atoms with Crippen molar-refractivity contribution in [2.45, 2.75) is 12.5 Å². The number of nitrogens with two attached hydrogens (primary N) is 1. The van der Waals surface area contributed by atoms with Crippen LogP contribution in [0.25, 0.3) is 0 Å². The summed E-state index contributed by atoms with van der Waals surface area (Å²) in [6.07, 6.45) is -0.0600. The van der Waals surface area contributed by atoms with Crippen molar-refractivity contribution in [3.05, 3.63) is 0 Å². The third-order valence-electron chi connectivity index (χ3n) is 1.21. The highest BCUT2D eigenvalue weighted by molar-refractivity contribution is 5.64. The van der Waals surface area contributed by atoms with Crippen LogP contribution in [-0.4, -0.2) is 44.2 Å². The summed E-state index contributed by atoms with van der Waals surface area (Å²) >= 11 is 0. The van der Waals surface area contributed by atoms with Gasteiger partial charge >= 0.3 is 0 Å². The van der Waals surface area contributed by atoms with Crippen LogP contribution in [0.1, 0.15) is 6.42 Å². The summed E-state index contributed by atoms with van der Waals surface area (Å²) in [6.45, 7) is 0.647. The first-order valence-corrected chi connectivity index (χ1v) is 3.57. The second-order valence-electron chi connectivity index (χ2n) is 3.81. The number of carbonyl (C=O) groups excluding carboxylic acids is 1. The Morgan fingerprint density at radius 3 is 2.27 bits per heavy atom. The molecule has 0 heterocycles. The first kappa shape index (κ1) is 10.4. The Kier molecular flexibility index (Phi) is 3.48. The van der Waals surface area contributed by atoms with Crippen molar-refractivity contribution in [1.82, 2.24) is 0 Å². The van der Waals surface area contributed by atoms with E-state index in [0.717, 1.165) is 0 Å². The highest BCUT2D eigenvalue weighted by Gasteiger charge is 2.13. The fourth-order valence-corrected chi connectivity index (χ4v) is 0.982. The van der Waals surface area contributed by atoms with Gasteiger partial charge in [-0.3, -0.25) is 0 Å². The molecule has 0 fully saturated rings. The summed E-state index contributed by atoms with van der Waals surface area (Å²) < 4.78 is 0.675. The number of carboxylic acid groups (broad SMARTS) is 1. The summed E-state index contributed by atoms with van der Waals surface area (Å²) in [5.74, 6) is -1.08. The lowest BCUT2D eigenvalue weighted by Crippen LogP contribution is -2.47. The smallest absolute Gasteiger partial charge is 0.0938 e. The van der Waals surface area contributed by atoms with E-state index in [1.807, 2.05) is 21.1 Å². The predicted octanol–water partition coefficient (Wildman–Crippen LogP) is -1.84. The predicted molar refractivity (Wildman–Crippen MR) is 40.5 cm³/mol. The zero-order chi connectivity index (χ0) is 9.07. The number of hydrogen-bond donors (Lipinski definition) is 1. The maximum absolute atomic E-state index is 10.1. The molecule has 0 aliphatic heterocycles. The first-order chi connectivity index (χ1) is 4.81. The summed E-state index contributed by atoms with van der Waals surface area (Å²) in [5, 5.41) is 10.1. The van der Waals surface area contributed by atoms with Crippen LogP contribution in [-0.2, 0) is 4.79 Å². The molecule has 11 heavy (non-hydrogen) atoms. The molecule has 2 N–H and O–H groups in total. The topological polar surface area (TPSA) is 66.2 Å². The van der Waals surface area contributed by atoms with Crippen molar-refractivity contribution in [2.75, 3.05) is 27.7 Å². The number of rotatable bonds is 4. The fourth-order valence-electron chi connectivity index (χ4n) is 0.982. The molecule has 0 spiro atoms. The van der Waals surface area contributed by atoms with Crippen LogP contribution >= 0.6 is 0 Å². The van der Waals surface area contributed by atoms with Gasteiger partial charge in [-0.25, -0.2) is 0 Å². The minimum Gasteiger partial charge on any atom is -0.550 e. The summed E-state index contributed by atoms with van der Waals surface area (Å²) in [5.41, 5.74) is 5.52. The first-order valence-electron chi connectivity index (χ1n) is 3.57. The number of quaternary nitrogens is 1. The normalized spacial score (nSPS) is 14.5. The molecule has 0 aliphatic rings. The maximum atomic E-state index is 10.1. The zero-order valence-electron chi connectivity index (χ0n) is 7.33. The van der Waals surface area contributed by atoms with E-state index in [4.69, 9.17) is 5.73 Å².